The topological polar surface area (TPSA) is 42.6 Å². The summed E-state index contributed by atoms with van der Waals surface area (Å²) in [7, 11) is 2.30. The molecule has 7 atom stereocenters. The molecule has 2 saturated heterocycles. The fourth-order valence-electron chi connectivity index (χ4n) is 12.6. The summed E-state index contributed by atoms with van der Waals surface area (Å²) < 4.78 is 12.0. The Labute approximate surface area is 317 Å². The minimum atomic E-state index is -0.406. The number of piperidine rings is 1. The zero-order valence-corrected chi connectivity index (χ0v) is 31.8. The van der Waals surface area contributed by atoms with Crippen molar-refractivity contribution in [3.05, 3.63) is 141 Å². The molecule has 13 rings (SSSR count). The van der Waals surface area contributed by atoms with Crippen LogP contribution in [0.2, 0.25) is 0 Å². The molecular formula is C48H48N4O2. The highest BCUT2D eigenvalue weighted by Crippen LogP contribution is 2.59. The molecule has 2 bridgehead atoms. The van der Waals surface area contributed by atoms with Crippen molar-refractivity contribution in [1.29, 1.82) is 0 Å². The molecule has 4 aromatic carbocycles. The van der Waals surface area contributed by atoms with Crippen LogP contribution in [0.15, 0.2) is 91.0 Å². The molecule has 0 amide bonds. The molecule has 0 N–H and O–H groups in total. The summed E-state index contributed by atoms with van der Waals surface area (Å²) in [5.74, 6) is 0.501. The smallest absolute Gasteiger partial charge is 0.238 e. The van der Waals surface area contributed by atoms with E-state index in [1.807, 2.05) is 0 Å². The standard InChI is InChI=1S/C48H48N4O2/c1-28-13-15-37-34(19-28)42-40-22-32(24-50(40)25-41-44(42)51(37)26-47(3,54-41)33-11-6-5-7-12-33)30-9-8-10-31(21-30)36-23-48-18-17-39(49(4)27-48)43-35-20-29(2)14-16-38(35)52(45(43)48)46(36)53/h5-16,19-21,32,36,39-41H,17-18,22-27H2,1-4H3. The third kappa shape index (κ3) is 4.14. The van der Waals surface area contributed by atoms with E-state index in [9.17, 15) is 4.79 Å². The predicted molar refractivity (Wildman–Crippen MR) is 213 cm³/mol. The summed E-state index contributed by atoms with van der Waals surface area (Å²) in [6, 6.07) is 34.6. The summed E-state index contributed by atoms with van der Waals surface area (Å²) >= 11 is 0. The Hall–Kier alpha value is -4.49. The molecule has 0 saturated carbocycles. The maximum Gasteiger partial charge on any atom is 0.238 e. The minimum Gasteiger partial charge on any atom is -0.358 e. The van der Waals surface area contributed by atoms with Gasteiger partial charge in [-0.25, -0.2) is 0 Å². The maximum atomic E-state index is 14.9. The molecule has 7 unspecified atom stereocenters. The Bertz CT molecular complexity index is 2580. The largest absolute Gasteiger partial charge is 0.358 e. The van der Waals surface area contributed by atoms with Crippen molar-refractivity contribution in [2.24, 2.45) is 0 Å². The van der Waals surface area contributed by atoms with E-state index in [0.29, 0.717) is 18.0 Å². The van der Waals surface area contributed by atoms with Gasteiger partial charge in [-0.3, -0.25) is 19.2 Å². The van der Waals surface area contributed by atoms with Gasteiger partial charge in [0.05, 0.1) is 23.7 Å². The van der Waals surface area contributed by atoms with Crippen LogP contribution >= 0.6 is 0 Å². The quantitative estimate of drug-likeness (QED) is 0.183. The molecule has 272 valence electrons. The van der Waals surface area contributed by atoms with Crippen molar-refractivity contribution in [2.45, 2.75) is 94.0 Å². The van der Waals surface area contributed by atoms with Crippen molar-refractivity contribution in [3.63, 3.8) is 0 Å². The van der Waals surface area contributed by atoms with E-state index >= 15 is 0 Å². The van der Waals surface area contributed by atoms with Gasteiger partial charge >= 0.3 is 0 Å². The summed E-state index contributed by atoms with van der Waals surface area (Å²) in [5.41, 5.74) is 14.1. The Morgan fingerprint density at radius 1 is 0.778 bits per heavy atom. The summed E-state index contributed by atoms with van der Waals surface area (Å²) in [6.07, 6.45) is 4.32. The van der Waals surface area contributed by atoms with E-state index < -0.39 is 5.60 Å². The molecule has 6 nitrogen and oxygen atoms in total. The number of carbonyl (C=O) groups excluding carboxylic acids is 1. The number of hydrogen-bond acceptors (Lipinski definition) is 4. The van der Waals surface area contributed by atoms with Crippen LogP contribution in [0, 0.1) is 13.8 Å². The highest BCUT2D eigenvalue weighted by Gasteiger charge is 2.56. The first-order valence-electron chi connectivity index (χ1n) is 20.3. The summed E-state index contributed by atoms with van der Waals surface area (Å²) in [5, 5.41) is 2.69. The third-order valence-corrected chi connectivity index (χ3v) is 14.9. The number of aromatic nitrogens is 2. The zero-order chi connectivity index (χ0) is 36.2. The lowest BCUT2D eigenvalue weighted by Gasteiger charge is -2.54. The monoisotopic (exact) mass is 712 g/mol. The fraction of sp³-hybridized carbons (Fsp3) is 0.396. The van der Waals surface area contributed by atoms with Crippen molar-refractivity contribution in [1.82, 2.24) is 18.9 Å². The molecule has 2 fully saturated rings. The first-order chi connectivity index (χ1) is 26.2. The van der Waals surface area contributed by atoms with Crippen molar-refractivity contribution < 1.29 is 9.53 Å². The van der Waals surface area contributed by atoms with E-state index in [1.165, 1.54) is 73.0 Å². The Morgan fingerprint density at radius 2 is 1.54 bits per heavy atom. The van der Waals surface area contributed by atoms with E-state index in [4.69, 9.17) is 4.74 Å². The van der Waals surface area contributed by atoms with Crippen LogP contribution in [-0.2, 0) is 22.3 Å². The molecule has 8 heterocycles. The molecular weight excluding hydrogens is 665 g/mol. The van der Waals surface area contributed by atoms with Crippen molar-refractivity contribution >= 4 is 27.7 Å². The Morgan fingerprint density at radius 3 is 2.33 bits per heavy atom. The van der Waals surface area contributed by atoms with Gasteiger partial charge in [0.15, 0.2) is 0 Å². The van der Waals surface area contributed by atoms with E-state index in [0.717, 1.165) is 51.0 Å². The Kier molecular flexibility index (Phi) is 6.39. The van der Waals surface area contributed by atoms with E-state index in [2.05, 4.69) is 138 Å². The molecule has 0 radical (unpaired) electrons. The van der Waals surface area contributed by atoms with Gasteiger partial charge in [-0.1, -0.05) is 77.9 Å². The first kappa shape index (κ1) is 31.8. The van der Waals surface area contributed by atoms with Crippen molar-refractivity contribution in [3.8, 4) is 0 Å². The molecule has 1 spiro atoms. The minimum absolute atomic E-state index is 0.00657. The number of nitrogens with zero attached hydrogens (tertiary/aromatic N) is 4. The average molecular weight is 713 g/mol. The van der Waals surface area contributed by atoms with Gasteiger partial charge in [-0.2, -0.15) is 0 Å². The van der Waals surface area contributed by atoms with E-state index in [-0.39, 0.29) is 23.3 Å². The lowest BCUT2D eigenvalue weighted by atomic mass is 9.61. The van der Waals surface area contributed by atoms with Crippen LogP contribution in [0.1, 0.15) is 118 Å². The van der Waals surface area contributed by atoms with Crippen LogP contribution in [-0.4, -0.2) is 51.5 Å². The number of fused-ring (bicyclic) bond motifs is 9. The fourth-order valence-corrected chi connectivity index (χ4v) is 12.6. The Balaban J connectivity index is 0.918. The van der Waals surface area contributed by atoms with Gasteiger partial charge in [0, 0.05) is 64.7 Å². The van der Waals surface area contributed by atoms with Gasteiger partial charge in [-0.15, -0.1) is 0 Å². The van der Waals surface area contributed by atoms with Gasteiger partial charge in [0.25, 0.3) is 0 Å². The molecule has 6 aliphatic heterocycles. The molecule has 1 aliphatic carbocycles. The van der Waals surface area contributed by atoms with Gasteiger partial charge in [0.1, 0.15) is 11.7 Å². The number of ether oxygens (including phenoxy) is 1. The average Bonchev–Trinajstić information content (AvgIpc) is 3.85. The lowest BCUT2D eigenvalue weighted by molar-refractivity contribution is -0.136. The van der Waals surface area contributed by atoms with Crippen LogP contribution < -0.4 is 0 Å². The highest BCUT2D eigenvalue weighted by atomic mass is 16.5. The number of benzene rings is 4. The number of aryl methyl sites for hydroxylation is 2. The molecule has 6 heteroatoms. The van der Waals surface area contributed by atoms with Crippen LogP contribution in [0.25, 0.3) is 21.8 Å². The number of hydrogen-bond donors (Lipinski definition) is 0. The molecule has 2 aromatic heterocycles. The van der Waals surface area contributed by atoms with Crippen LogP contribution in [0.3, 0.4) is 0 Å². The lowest BCUT2D eigenvalue weighted by Crippen LogP contribution is -2.55. The summed E-state index contributed by atoms with van der Waals surface area (Å²) in [6.45, 7) is 10.4. The van der Waals surface area contributed by atoms with E-state index in [1.54, 1.807) is 0 Å². The number of likely N-dealkylation sites (N-methyl/N-ethyl adjacent to an activating group) is 1. The van der Waals surface area contributed by atoms with Gasteiger partial charge < -0.3 is 9.30 Å². The molecule has 7 aliphatic rings. The second-order valence-corrected chi connectivity index (χ2v) is 18.1. The normalized spacial score (nSPS) is 31.3. The van der Waals surface area contributed by atoms with Crippen LogP contribution in [0.4, 0.5) is 0 Å². The van der Waals surface area contributed by atoms with Gasteiger partial charge in [0.2, 0.25) is 5.91 Å². The second kappa shape index (κ2) is 10.8. The highest BCUT2D eigenvalue weighted by molar-refractivity contribution is 6.01. The van der Waals surface area contributed by atoms with Gasteiger partial charge in [-0.05, 0) is 106 Å². The molecule has 54 heavy (non-hydrogen) atoms. The zero-order valence-electron chi connectivity index (χ0n) is 31.8. The molecule has 6 aromatic rings. The predicted octanol–water partition coefficient (Wildman–Crippen LogP) is 9.59. The third-order valence-electron chi connectivity index (χ3n) is 14.9. The second-order valence-electron chi connectivity index (χ2n) is 18.1. The first-order valence-corrected chi connectivity index (χ1v) is 20.3. The summed E-state index contributed by atoms with van der Waals surface area (Å²) in [4.78, 5) is 20.2. The maximum absolute atomic E-state index is 14.9. The number of carbonyl (C=O) groups is 1. The van der Waals surface area contributed by atoms with Crippen molar-refractivity contribution in [2.75, 3.05) is 26.7 Å². The SMILES string of the molecule is Cc1ccc2c(c1)c1c3n2CC(C)(c2ccccc2)OC3CN2CC(c3cccc(C4CC56CCC(c7c5n(c5ccc(C)cc75)C4=O)N(C)C6)c3)CC12. The number of rotatable bonds is 3. The van der Waals surface area contributed by atoms with Crippen LogP contribution in [0.5, 0.6) is 0 Å².